The van der Waals surface area contributed by atoms with Crippen LogP contribution >= 0.6 is 0 Å². The number of aromatic nitrogens is 1. The van der Waals surface area contributed by atoms with Crippen LogP contribution in [0.1, 0.15) is 15.9 Å². The van der Waals surface area contributed by atoms with Gasteiger partial charge in [0.2, 0.25) is 0 Å². The van der Waals surface area contributed by atoms with Crippen LogP contribution in [0, 0.1) is 5.82 Å². The fraction of sp³-hybridized carbons (Fsp3) is 0.448. The van der Waals surface area contributed by atoms with E-state index in [2.05, 4.69) is 52.5 Å². The van der Waals surface area contributed by atoms with Crippen LogP contribution in [0.15, 0.2) is 48.5 Å². The third-order valence-corrected chi connectivity index (χ3v) is 10.9. The lowest BCUT2D eigenvalue weighted by atomic mass is 10.0. The third kappa shape index (κ3) is 6.62. The van der Waals surface area contributed by atoms with Gasteiger partial charge in [0.05, 0.1) is 30.0 Å². The normalized spacial score (nSPS) is 18.7. The molecule has 0 radical (unpaired) electrons. The molecule has 37 heavy (non-hydrogen) atoms. The van der Waals surface area contributed by atoms with Gasteiger partial charge in [-0.25, -0.2) is 9.37 Å². The van der Waals surface area contributed by atoms with Crippen molar-refractivity contribution < 1.29 is 13.9 Å². The number of carbonyl (C=O) groups excluding carboxylic acids is 1. The topological polar surface area (TPSA) is 57.7 Å². The lowest BCUT2D eigenvalue weighted by Crippen LogP contribution is -2.42. The van der Waals surface area contributed by atoms with Gasteiger partial charge < -0.3 is 10.1 Å². The zero-order valence-corrected chi connectivity index (χ0v) is 22.9. The van der Waals surface area contributed by atoms with Crippen LogP contribution in [0.5, 0.6) is 0 Å². The number of carbonyl (C=O) groups is 1. The molecule has 2 aromatic carbocycles. The Labute approximate surface area is 219 Å². The molecule has 1 N–H and O–H groups in total. The second-order valence-corrected chi connectivity index (χ2v) is 16.4. The number of rotatable bonds is 7. The Morgan fingerprint density at radius 2 is 1.73 bits per heavy atom. The molecule has 1 aromatic heterocycles. The maximum Gasteiger partial charge on any atom is 0.252 e. The van der Waals surface area contributed by atoms with Gasteiger partial charge in [0.1, 0.15) is 5.82 Å². The van der Waals surface area contributed by atoms with E-state index in [1.165, 1.54) is 42.9 Å². The number of amides is 1. The SMILES string of the molecule is C[Si]1(C)CCN(Cc2ccc(-c3cc(C(=O)NCCN4CCOCC4)c4cc(F)ccc4n3)cc2)CC1. The Bertz CT molecular complexity index is 1230. The lowest BCUT2D eigenvalue weighted by molar-refractivity contribution is 0.0383. The fourth-order valence-corrected chi connectivity index (χ4v) is 7.23. The second kappa shape index (κ2) is 11.4. The molecular formula is C29H37FN4O2Si. The summed E-state index contributed by atoms with van der Waals surface area (Å²) < 4.78 is 19.5. The van der Waals surface area contributed by atoms with Gasteiger partial charge >= 0.3 is 0 Å². The molecule has 6 nitrogen and oxygen atoms in total. The fourth-order valence-electron chi connectivity index (χ4n) is 5.14. The predicted octanol–water partition coefficient (Wildman–Crippen LogP) is 4.63. The van der Waals surface area contributed by atoms with Crippen molar-refractivity contribution in [3.05, 3.63) is 65.5 Å². The van der Waals surface area contributed by atoms with Crippen LogP contribution in [0.3, 0.4) is 0 Å². The van der Waals surface area contributed by atoms with E-state index < -0.39 is 8.07 Å². The number of fused-ring (bicyclic) bond motifs is 1. The van der Waals surface area contributed by atoms with E-state index in [0.717, 1.165) is 50.7 Å². The number of hydrogen-bond donors (Lipinski definition) is 1. The molecule has 0 unspecified atom stereocenters. The molecule has 1 amide bonds. The molecule has 0 spiro atoms. The van der Waals surface area contributed by atoms with Crippen molar-refractivity contribution in [2.45, 2.75) is 31.7 Å². The van der Waals surface area contributed by atoms with Crippen molar-refractivity contribution in [2.75, 3.05) is 52.5 Å². The predicted molar refractivity (Wildman–Crippen MR) is 149 cm³/mol. The number of morpholine rings is 1. The first kappa shape index (κ1) is 26.0. The van der Waals surface area contributed by atoms with Crippen LogP contribution in [0.25, 0.3) is 22.2 Å². The maximum absolute atomic E-state index is 14.1. The molecule has 3 aromatic rings. The number of nitrogens with zero attached hydrogens (tertiary/aromatic N) is 3. The van der Waals surface area contributed by atoms with Gasteiger partial charge in [-0.15, -0.1) is 0 Å². The molecule has 0 aliphatic carbocycles. The molecule has 2 aliphatic heterocycles. The second-order valence-electron chi connectivity index (χ2n) is 11.1. The Hall–Kier alpha value is -2.65. The summed E-state index contributed by atoms with van der Waals surface area (Å²) in [4.78, 5) is 22.8. The molecule has 2 aliphatic rings. The molecule has 0 atom stereocenters. The molecule has 0 saturated carbocycles. The summed E-state index contributed by atoms with van der Waals surface area (Å²) in [5.74, 6) is -0.585. The molecule has 2 saturated heterocycles. The molecule has 2 fully saturated rings. The van der Waals surface area contributed by atoms with Crippen LogP contribution in [-0.2, 0) is 11.3 Å². The molecular weight excluding hydrogens is 483 g/mol. The minimum atomic E-state index is -0.975. The standard InChI is InChI=1S/C29H37FN4O2Si/c1-37(2)17-13-34(14-18-37)21-22-3-5-23(6-4-22)28-20-26(25-19-24(30)7-8-27(25)32-28)29(35)31-9-10-33-11-15-36-16-12-33/h3-8,19-20H,9-18,21H2,1-2H3,(H,31,35). The first-order chi connectivity index (χ1) is 17.9. The van der Waals surface area contributed by atoms with Gasteiger partial charge in [0.15, 0.2) is 0 Å². The zero-order valence-electron chi connectivity index (χ0n) is 21.9. The summed E-state index contributed by atoms with van der Waals surface area (Å²) in [5.41, 5.74) is 4.01. The summed E-state index contributed by atoms with van der Waals surface area (Å²) >= 11 is 0. The van der Waals surface area contributed by atoms with Crippen LogP contribution < -0.4 is 5.32 Å². The first-order valence-corrected chi connectivity index (χ1v) is 16.8. The summed E-state index contributed by atoms with van der Waals surface area (Å²) in [6.07, 6.45) is 0. The van der Waals surface area contributed by atoms with E-state index in [-0.39, 0.29) is 11.7 Å². The quantitative estimate of drug-likeness (QED) is 0.461. The highest BCUT2D eigenvalue weighted by molar-refractivity contribution is 6.77. The Kier molecular flexibility index (Phi) is 8.00. The van der Waals surface area contributed by atoms with Crippen molar-refractivity contribution in [3.8, 4) is 11.3 Å². The number of pyridine rings is 1. The number of ether oxygens (including phenoxy) is 1. The largest absolute Gasteiger partial charge is 0.379 e. The van der Waals surface area contributed by atoms with Gasteiger partial charge in [0, 0.05) is 51.7 Å². The molecule has 5 rings (SSSR count). The number of benzene rings is 2. The van der Waals surface area contributed by atoms with Crippen LogP contribution in [0.2, 0.25) is 25.2 Å². The van der Waals surface area contributed by atoms with E-state index >= 15 is 0 Å². The summed E-state index contributed by atoms with van der Waals surface area (Å²) in [6, 6.07) is 17.4. The maximum atomic E-state index is 14.1. The van der Waals surface area contributed by atoms with Gasteiger partial charge in [-0.1, -0.05) is 37.4 Å². The van der Waals surface area contributed by atoms with E-state index in [1.54, 1.807) is 12.1 Å². The van der Waals surface area contributed by atoms with E-state index in [1.807, 2.05) is 0 Å². The number of halogens is 1. The Morgan fingerprint density at radius 3 is 2.46 bits per heavy atom. The average Bonchev–Trinajstić information content (AvgIpc) is 2.90. The smallest absolute Gasteiger partial charge is 0.252 e. The van der Waals surface area contributed by atoms with E-state index in [4.69, 9.17) is 9.72 Å². The van der Waals surface area contributed by atoms with Crippen LogP contribution in [-0.4, -0.2) is 81.2 Å². The zero-order chi connectivity index (χ0) is 25.8. The number of nitrogens with one attached hydrogen (secondary N) is 1. The van der Waals surface area contributed by atoms with E-state index in [0.29, 0.717) is 23.0 Å². The molecule has 0 bridgehead atoms. The Balaban J connectivity index is 1.32. The number of hydrogen-bond acceptors (Lipinski definition) is 5. The van der Waals surface area contributed by atoms with Crippen molar-refractivity contribution in [1.82, 2.24) is 20.1 Å². The van der Waals surface area contributed by atoms with Gasteiger partial charge in [-0.05, 0) is 55.0 Å². The molecule has 3 heterocycles. The highest BCUT2D eigenvalue weighted by Crippen LogP contribution is 2.27. The van der Waals surface area contributed by atoms with Crippen molar-refractivity contribution in [3.63, 3.8) is 0 Å². The van der Waals surface area contributed by atoms with Gasteiger partial charge in [-0.2, -0.15) is 0 Å². The monoisotopic (exact) mass is 520 g/mol. The molecule has 196 valence electrons. The third-order valence-electron chi connectivity index (χ3n) is 7.70. The summed E-state index contributed by atoms with van der Waals surface area (Å²) in [7, 11) is -0.975. The van der Waals surface area contributed by atoms with Crippen molar-refractivity contribution >= 4 is 24.9 Å². The summed E-state index contributed by atoms with van der Waals surface area (Å²) in [6.45, 7) is 12.8. The molecule has 8 heteroatoms. The Morgan fingerprint density at radius 1 is 1.00 bits per heavy atom. The van der Waals surface area contributed by atoms with Crippen LogP contribution in [0.4, 0.5) is 4.39 Å². The van der Waals surface area contributed by atoms with Gasteiger partial charge in [0.25, 0.3) is 5.91 Å². The first-order valence-electron chi connectivity index (χ1n) is 13.4. The minimum Gasteiger partial charge on any atom is -0.379 e. The minimum absolute atomic E-state index is 0.208. The average molecular weight is 521 g/mol. The van der Waals surface area contributed by atoms with Gasteiger partial charge in [-0.3, -0.25) is 14.6 Å². The lowest BCUT2D eigenvalue weighted by Gasteiger charge is -2.35. The highest BCUT2D eigenvalue weighted by atomic mass is 28.3. The summed E-state index contributed by atoms with van der Waals surface area (Å²) in [5, 5.41) is 3.55. The van der Waals surface area contributed by atoms with Crippen molar-refractivity contribution in [2.24, 2.45) is 0 Å². The van der Waals surface area contributed by atoms with Crippen molar-refractivity contribution in [1.29, 1.82) is 0 Å². The highest BCUT2D eigenvalue weighted by Gasteiger charge is 2.27. The van der Waals surface area contributed by atoms with E-state index in [9.17, 15) is 9.18 Å².